The smallest absolute Gasteiger partial charge is 0.191 e. The fourth-order valence-corrected chi connectivity index (χ4v) is 2.93. The third kappa shape index (κ3) is 4.46. The van der Waals surface area contributed by atoms with Gasteiger partial charge in [-0.1, -0.05) is 13.0 Å². The van der Waals surface area contributed by atoms with E-state index in [1.54, 1.807) is 29.4 Å². The van der Waals surface area contributed by atoms with Crippen molar-refractivity contribution < 1.29 is 4.39 Å². The lowest BCUT2D eigenvalue weighted by Gasteiger charge is -2.31. The Kier molecular flexibility index (Phi) is 6.59. The van der Waals surface area contributed by atoms with E-state index in [-0.39, 0.29) is 29.8 Å². The van der Waals surface area contributed by atoms with Crippen molar-refractivity contribution in [2.75, 3.05) is 13.1 Å². The lowest BCUT2D eigenvalue weighted by molar-refractivity contribution is 0.270. The van der Waals surface area contributed by atoms with Gasteiger partial charge >= 0.3 is 0 Å². The van der Waals surface area contributed by atoms with Gasteiger partial charge in [0, 0.05) is 25.5 Å². The third-order valence-corrected chi connectivity index (χ3v) is 4.20. The number of rotatable bonds is 3. The molecule has 0 amide bonds. The minimum Gasteiger partial charge on any atom is -0.370 e. The van der Waals surface area contributed by atoms with Crippen LogP contribution in [0.4, 0.5) is 4.39 Å². The second-order valence-electron chi connectivity index (χ2n) is 6.12. The van der Waals surface area contributed by atoms with E-state index in [0.29, 0.717) is 24.1 Å². The van der Waals surface area contributed by atoms with Gasteiger partial charge < -0.3 is 15.2 Å². The number of hydrogen-bond donors (Lipinski definition) is 1. The number of guanidine groups is 1. The average molecular weight is 443 g/mol. The van der Waals surface area contributed by atoms with Crippen LogP contribution in [0.1, 0.15) is 25.3 Å². The molecule has 0 spiro atoms. The summed E-state index contributed by atoms with van der Waals surface area (Å²) in [5.41, 5.74) is 7.36. The predicted octanol–water partition coefficient (Wildman–Crippen LogP) is 3.18. The second-order valence-corrected chi connectivity index (χ2v) is 6.12. The highest BCUT2D eigenvalue weighted by Gasteiger charge is 2.17. The molecular formula is C17H23FIN5. The van der Waals surface area contributed by atoms with E-state index >= 15 is 0 Å². The molecule has 1 unspecified atom stereocenters. The molecule has 1 saturated heterocycles. The van der Waals surface area contributed by atoms with E-state index in [0.717, 1.165) is 25.1 Å². The van der Waals surface area contributed by atoms with Gasteiger partial charge in [-0.2, -0.15) is 0 Å². The molecule has 0 aliphatic carbocycles. The number of aromatic nitrogens is 2. The van der Waals surface area contributed by atoms with Crippen LogP contribution in [-0.2, 0) is 6.54 Å². The highest BCUT2D eigenvalue weighted by atomic mass is 127. The van der Waals surface area contributed by atoms with Crippen LogP contribution >= 0.6 is 24.0 Å². The molecule has 130 valence electrons. The molecule has 3 rings (SSSR count). The molecule has 5 nitrogen and oxygen atoms in total. The number of imidazole rings is 1. The van der Waals surface area contributed by atoms with Gasteiger partial charge in [-0.15, -0.1) is 24.0 Å². The molecule has 0 saturated carbocycles. The number of nitrogens with two attached hydrogens (primary N) is 1. The van der Waals surface area contributed by atoms with E-state index in [9.17, 15) is 4.39 Å². The Hall–Kier alpha value is -1.64. The molecule has 24 heavy (non-hydrogen) atoms. The van der Waals surface area contributed by atoms with E-state index in [1.165, 1.54) is 12.5 Å². The molecule has 2 N–H and O–H groups in total. The summed E-state index contributed by atoms with van der Waals surface area (Å²) >= 11 is 0. The Bertz CT molecular complexity index is 686. The van der Waals surface area contributed by atoms with Crippen LogP contribution in [0.15, 0.2) is 41.9 Å². The zero-order chi connectivity index (χ0) is 16.2. The van der Waals surface area contributed by atoms with Crippen molar-refractivity contribution in [2.45, 2.75) is 26.3 Å². The van der Waals surface area contributed by atoms with Gasteiger partial charge in [0.25, 0.3) is 0 Å². The molecule has 1 aromatic heterocycles. The summed E-state index contributed by atoms with van der Waals surface area (Å²) in [7, 11) is 0. The minimum atomic E-state index is -0.291. The monoisotopic (exact) mass is 443 g/mol. The van der Waals surface area contributed by atoms with Crippen molar-refractivity contribution in [1.29, 1.82) is 0 Å². The van der Waals surface area contributed by atoms with Gasteiger partial charge in [0.2, 0.25) is 0 Å². The van der Waals surface area contributed by atoms with Gasteiger partial charge in [0.1, 0.15) is 5.82 Å². The van der Waals surface area contributed by atoms with Crippen LogP contribution in [0.2, 0.25) is 0 Å². The molecule has 0 bridgehead atoms. The predicted molar refractivity (Wildman–Crippen MR) is 104 cm³/mol. The van der Waals surface area contributed by atoms with Crippen LogP contribution in [0.5, 0.6) is 0 Å². The van der Waals surface area contributed by atoms with Gasteiger partial charge in [-0.3, -0.25) is 0 Å². The summed E-state index contributed by atoms with van der Waals surface area (Å²) in [5.74, 6) is 0.904. The van der Waals surface area contributed by atoms with E-state index < -0.39 is 0 Å². The standard InChI is InChI=1S/C17H22FN5.HI/c1-13-3-2-7-22(11-13)17(19)21-10-14-4-5-16(15(18)9-14)23-8-6-20-12-23;/h4-6,8-9,12-13H,2-3,7,10-11H2,1H3,(H2,19,21);1H. The van der Waals surface area contributed by atoms with Crippen molar-refractivity contribution in [2.24, 2.45) is 16.6 Å². The minimum absolute atomic E-state index is 0. The number of piperidine rings is 1. The highest BCUT2D eigenvalue weighted by Crippen LogP contribution is 2.17. The van der Waals surface area contributed by atoms with Crippen LogP contribution < -0.4 is 5.73 Å². The summed E-state index contributed by atoms with van der Waals surface area (Å²) in [6.07, 6.45) is 7.30. The number of aliphatic imine (C=N–C) groups is 1. The number of benzene rings is 1. The maximum atomic E-state index is 14.2. The number of hydrogen-bond acceptors (Lipinski definition) is 2. The fourth-order valence-electron chi connectivity index (χ4n) is 2.93. The zero-order valence-corrected chi connectivity index (χ0v) is 16.1. The van der Waals surface area contributed by atoms with Crippen LogP contribution in [0.3, 0.4) is 0 Å². The van der Waals surface area contributed by atoms with Gasteiger partial charge in [-0.05, 0) is 36.5 Å². The molecular weight excluding hydrogens is 420 g/mol. The molecule has 1 aliphatic heterocycles. The molecule has 2 aromatic rings. The van der Waals surface area contributed by atoms with Gasteiger partial charge in [0.15, 0.2) is 5.96 Å². The molecule has 2 heterocycles. The first-order valence-electron chi connectivity index (χ1n) is 7.95. The summed E-state index contributed by atoms with van der Waals surface area (Å²) in [6.45, 7) is 4.51. The first-order valence-corrected chi connectivity index (χ1v) is 7.95. The van der Waals surface area contributed by atoms with Crippen LogP contribution in [0, 0.1) is 11.7 Å². The Morgan fingerprint density at radius 3 is 2.96 bits per heavy atom. The third-order valence-electron chi connectivity index (χ3n) is 4.20. The van der Waals surface area contributed by atoms with Crippen molar-refractivity contribution in [3.05, 3.63) is 48.3 Å². The lowest BCUT2D eigenvalue weighted by atomic mass is 10.0. The Balaban J connectivity index is 0.00000208. The molecule has 1 aromatic carbocycles. The zero-order valence-electron chi connectivity index (χ0n) is 13.7. The summed E-state index contributed by atoms with van der Waals surface area (Å²) in [6, 6.07) is 5.11. The Morgan fingerprint density at radius 2 is 2.29 bits per heavy atom. The SMILES string of the molecule is CC1CCCN(C(N)=NCc2ccc(-n3ccnc3)c(F)c2)C1.I. The second kappa shape index (κ2) is 8.46. The molecule has 0 radical (unpaired) electrons. The maximum absolute atomic E-state index is 14.2. The summed E-state index contributed by atoms with van der Waals surface area (Å²) in [5, 5.41) is 0. The quantitative estimate of drug-likeness (QED) is 0.451. The normalized spacial score (nSPS) is 18.3. The topological polar surface area (TPSA) is 59.4 Å². The van der Waals surface area contributed by atoms with Gasteiger partial charge in [-0.25, -0.2) is 14.4 Å². The lowest BCUT2D eigenvalue weighted by Crippen LogP contribution is -2.43. The first kappa shape index (κ1) is 18.7. The van der Waals surface area contributed by atoms with Crippen molar-refractivity contribution in [3.8, 4) is 5.69 Å². The molecule has 1 atom stereocenters. The van der Waals surface area contributed by atoms with Crippen LogP contribution in [0.25, 0.3) is 5.69 Å². The molecule has 1 aliphatic rings. The van der Waals surface area contributed by atoms with E-state index in [1.807, 2.05) is 6.07 Å². The van der Waals surface area contributed by atoms with E-state index in [4.69, 9.17) is 5.73 Å². The fraction of sp³-hybridized carbons (Fsp3) is 0.412. The number of halogens is 2. The highest BCUT2D eigenvalue weighted by molar-refractivity contribution is 14.0. The maximum Gasteiger partial charge on any atom is 0.191 e. The molecule has 1 fully saturated rings. The largest absolute Gasteiger partial charge is 0.370 e. The average Bonchev–Trinajstić information content (AvgIpc) is 3.07. The first-order chi connectivity index (χ1) is 11.1. The summed E-state index contributed by atoms with van der Waals surface area (Å²) in [4.78, 5) is 10.5. The van der Waals surface area contributed by atoms with Crippen molar-refractivity contribution in [3.63, 3.8) is 0 Å². The van der Waals surface area contributed by atoms with Crippen LogP contribution in [-0.4, -0.2) is 33.5 Å². The van der Waals surface area contributed by atoms with Crippen molar-refractivity contribution >= 4 is 29.9 Å². The number of nitrogens with zero attached hydrogens (tertiary/aromatic N) is 4. The van der Waals surface area contributed by atoms with Crippen molar-refractivity contribution in [1.82, 2.24) is 14.5 Å². The molecule has 7 heteroatoms. The van der Waals surface area contributed by atoms with E-state index in [2.05, 4.69) is 21.8 Å². The Labute approximate surface area is 158 Å². The summed E-state index contributed by atoms with van der Waals surface area (Å²) < 4.78 is 15.8. The number of likely N-dealkylation sites (tertiary alicyclic amines) is 1. The Morgan fingerprint density at radius 1 is 1.46 bits per heavy atom. The van der Waals surface area contributed by atoms with Gasteiger partial charge in [0.05, 0.1) is 18.6 Å².